The Morgan fingerprint density at radius 1 is 1.53 bits per heavy atom. The summed E-state index contributed by atoms with van der Waals surface area (Å²) in [5, 5.41) is 3.77. The van der Waals surface area contributed by atoms with Gasteiger partial charge in [0.2, 0.25) is 5.91 Å². The van der Waals surface area contributed by atoms with Crippen LogP contribution in [-0.4, -0.2) is 40.4 Å². The van der Waals surface area contributed by atoms with Gasteiger partial charge in [0, 0.05) is 31.6 Å². The molecule has 0 radical (unpaired) electrons. The number of aromatic nitrogens is 2. The molecule has 1 N–H and O–H groups in total. The van der Waals surface area contributed by atoms with Crippen molar-refractivity contribution < 1.29 is 4.79 Å². The molecule has 1 aromatic heterocycles. The van der Waals surface area contributed by atoms with E-state index in [1.165, 1.54) is 6.33 Å². The summed E-state index contributed by atoms with van der Waals surface area (Å²) < 4.78 is 0. The fraction of sp³-hybridized carbons (Fsp3) is 0.545. The van der Waals surface area contributed by atoms with E-state index in [1.54, 1.807) is 4.90 Å². The molecular weight excluding hydrogens is 240 g/mol. The van der Waals surface area contributed by atoms with E-state index < -0.39 is 0 Å². The van der Waals surface area contributed by atoms with E-state index in [0.29, 0.717) is 18.1 Å². The first-order valence-corrected chi connectivity index (χ1v) is 5.93. The number of carbonyl (C=O) groups excluding carboxylic acids is 1. The van der Waals surface area contributed by atoms with Crippen LogP contribution in [0.25, 0.3) is 0 Å². The maximum absolute atomic E-state index is 11.4. The van der Waals surface area contributed by atoms with Gasteiger partial charge in [-0.15, -0.1) is 0 Å². The molecule has 1 amide bonds. The van der Waals surface area contributed by atoms with E-state index in [-0.39, 0.29) is 11.9 Å². The third-order valence-corrected chi connectivity index (χ3v) is 3.37. The van der Waals surface area contributed by atoms with Gasteiger partial charge in [-0.2, -0.15) is 0 Å². The summed E-state index contributed by atoms with van der Waals surface area (Å²) in [5.74, 6) is 0.943. The van der Waals surface area contributed by atoms with Crippen LogP contribution in [0.2, 0.25) is 5.15 Å². The molecule has 0 saturated carbocycles. The molecule has 2 heterocycles. The summed E-state index contributed by atoms with van der Waals surface area (Å²) in [4.78, 5) is 21.2. The number of nitrogens with one attached hydrogen (secondary N) is 1. The second kappa shape index (κ2) is 4.87. The summed E-state index contributed by atoms with van der Waals surface area (Å²) in [6, 6.07) is 0.224. The van der Waals surface area contributed by atoms with Crippen LogP contribution in [0.1, 0.15) is 18.4 Å². The fourth-order valence-electron chi connectivity index (χ4n) is 1.90. The third kappa shape index (κ3) is 2.66. The summed E-state index contributed by atoms with van der Waals surface area (Å²) >= 11 is 5.93. The maximum atomic E-state index is 11.4. The number of amides is 1. The Balaban J connectivity index is 2.06. The molecule has 1 unspecified atom stereocenters. The Hall–Kier alpha value is -1.36. The van der Waals surface area contributed by atoms with Gasteiger partial charge in [0.05, 0.1) is 0 Å². The zero-order chi connectivity index (χ0) is 12.4. The first-order valence-electron chi connectivity index (χ1n) is 5.55. The summed E-state index contributed by atoms with van der Waals surface area (Å²) in [5.41, 5.74) is 0.841. The van der Waals surface area contributed by atoms with Crippen molar-refractivity contribution in [3.63, 3.8) is 0 Å². The molecule has 1 aliphatic rings. The minimum atomic E-state index is 0.195. The van der Waals surface area contributed by atoms with Gasteiger partial charge in [-0.25, -0.2) is 9.97 Å². The van der Waals surface area contributed by atoms with Gasteiger partial charge in [-0.1, -0.05) is 11.6 Å². The predicted molar refractivity (Wildman–Crippen MR) is 66.1 cm³/mol. The van der Waals surface area contributed by atoms with Crippen molar-refractivity contribution in [2.45, 2.75) is 25.8 Å². The molecule has 2 rings (SSSR count). The molecule has 1 fully saturated rings. The Labute approximate surface area is 105 Å². The van der Waals surface area contributed by atoms with Crippen LogP contribution in [0, 0.1) is 6.92 Å². The van der Waals surface area contributed by atoms with E-state index >= 15 is 0 Å². The number of rotatable bonds is 2. The first kappa shape index (κ1) is 12.1. The highest BCUT2D eigenvalue weighted by Gasteiger charge is 2.23. The summed E-state index contributed by atoms with van der Waals surface area (Å²) in [6.45, 7) is 2.57. The largest absolute Gasteiger partial charge is 0.365 e. The minimum absolute atomic E-state index is 0.195. The third-order valence-electron chi connectivity index (χ3n) is 2.99. The van der Waals surface area contributed by atoms with Crippen LogP contribution in [0.5, 0.6) is 0 Å². The first-order chi connectivity index (χ1) is 8.08. The van der Waals surface area contributed by atoms with Crippen molar-refractivity contribution in [3.05, 3.63) is 17.0 Å². The van der Waals surface area contributed by atoms with Gasteiger partial charge >= 0.3 is 0 Å². The van der Waals surface area contributed by atoms with Gasteiger partial charge < -0.3 is 10.2 Å². The Morgan fingerprint density at radius 3 is 3.00 bits per heavy atom. The maximum Gasteiger partial charge on any atom is 0.222 e. The number of hydrogen-bond acceptors (Lipinski definition) is 4. The highest BCUT2D eigenvalue weighted by atomic mass is 35.5. The average molecular weight is 255 g/mol. The minimum Gasteiger partial charge on any atom is -0.365 e. The van der Waals surface area contributed by atoms with Gasteiger partial charge in [0.1, 0.15) is 17.3 Å². The lowest BCUT2D eigenvalue weighted by molar-refractivity contribution is -0.132. The lowest BCUT2D eigenvalue weighted by Crippen LogP contribution is -2.43. The van der Waals surface area contributed by atoms with E-state index in [0.717, 1.165) is 17.8 Å². The molecule has 1 aliphatic heterocycles. The SMILES string of the molecule is Cc1c(Cl)ncnc1NC1CCC(=O)N(C)C1. The number of halogens is 1. The number of anilines is 1. The van der Waals surface area contributed by atoms with E-state index in [9.17, 15) is 4.79 Å². The van der Waals surface area contributed by atoms with Crippen LogP contribution in [0.15, 0.2) is 6.33 Å². The molecule has 0 aromatic carbocycles. The topological polar surface area (TPSA) is 58.1 Å². The molecule has 0 aliphatic carbocycles. The Kier molecular flexibility index (Phi) is 3.47. The standard InChI is InChI=1S/C11H15ClN4O/c1-7-10(12)13-6-14-11(7)15-8-3-4-9(17)16(2)5-8/h6,8H,3-5H2,1-2H3,(H,13,14,15). The highest BCUT2D eigenvalue weighted by Crippen LogP contribution is 2.21. The zero-order valence-electron chi connectivity index (χ0n) is 9.90. The van der Waals surface area contributed by atoms with Crippen LogP contribution in [0.3, 0.4) is 0 Å². The molecular formula is C11H15ClN4O. The molecule has 1 saturated heterocycles. The van der Waals surface area contributed by atoms with Crippen molar-refractivity contribution in [1.82, 2.24) is 14.9 Å². The number of nitrogens with zero attached hydrogens (tertiary/aromatic N) is 3. The van der Waals surface area contributed by atoms with Crippen molar-refractivity contribution in [3.8, 4) is 0 Å². The summed E-state index contributed by atoms with van der Waals surface area (Å²) in [6.07, 6.45) is 2.84. The van der Waals surface area contributed by atoms with Crippen LogP contribution in [0.4, 0.5) is 5.82 Å². The molecule has 0 spiro atoms. The molecule has 92 valence electrons. The lowest BCUT2D eigenvalue weighted by atomic mass is 10.1. The average Bonchev–Trinajstić information content (AvgIpc) is 2.30. The van der Waals surface area contributed by atoms with Gasteiger partial charge in [0.15, 0.2) is 0 Å². The molecule has 1 aromatic rings. The van der Waals surface area contributed by atoms with Gasteiger partial charge in [-0.3, -0.25) is 4.79 Å². The summed E-state index contributed by atoms with van der Waals surface area (Å²) in [7, 11) is 1.82. The van der Waals surface area contributed by atoms with Crippen molar-refractivity contribution in [1.29, 1.82) is 0 Å². The Morgan fingerprint density at radius 2 is 2.29 bits per heavy atom. The smallest absolute Gasteiger partial charge is 0.222 e. The fourth-order valence-corrected chi connectivity index (χ4v) is 2.03. The monoisotopic (exact) mass is 254 g/mol. The van der Waals surface area contributed by atoms with Crippen LogP contribution in [-0.2, 0) is 4.79 Å². The van der Waals surface area contributed by atoms with Gasteiger partial charge in [0.25, 0.3) is 0 Å². The lowest BCUT2D eigenvalue weighted by Gasteiger charge is -2.30. The van der Waals surface area contributed by atoms with Crippen molar-refractivity contribution in [2.24, 2.45) is 0 Å². The van der Waals surface area contributed by atoms with Crippen LogP contribution >= 0.6 is 11.6 Å². The normalized spacial score (nSPS) is 20.5. The van der Waals surface area contributed by atoms with E-state index in [4.69, 9.17) is 11.6 Å². The number of carbonyl (C=O) groups is 1. The number of likely N-dealkylation sites (tertiary alicyclic amines) is 1. The van der Waals surface area contributed by atoms with E-state index in [1.807, 2.05) is 14.0 Å². The second-order valence-corrected chi connectivity index (χ2v) is 4.65. The van der Waals surface area contributed by atoms with Crippen molar-refractivity contribution in [2.75, 3.05) is 18.9 Å². The number of hydrogen-bond donors (Lipinski definition) is 1. The molecule has 6 heteroatoms. The molecule has 0 bridgehead atoms. The zero-order valence-corrected chi connectivity index (χ0v) is 10.7. The molecule has 5 nitrogen and oxygen atoms in total. The van der Waals surface area contributed by atoms with Crippen LogP contribution < -0.4 is 5.32 Å². The van der Waals surface area contributed by atoms with Crippen molar-refractivity contribution >= 4 is 23.3 Å². The molecule has 17 heavy (non-hydrogen) atoms. The predicted octanol–water partition coefficient (Wildman–Crippen LogP) is 1.47. The Bertz CT molecular complexity index is 437. The molecule has 1 atom stereocenters. The van der Waals surface area contributed by atoms with Gasteiger partial charge in [-0.05, 0) is 13.3 Å². The number of likely N-dealkylation sites (N-methyl/N-ethyl adjacent to an activating group) is 1. The second-order valence-electron chi connectivity index (χ2n) is 4.29. The highest BCUT2D eigenvalue weighted by molar-refractivity contribution is 6.30. The quantitative estimate of drug-likeness (QED) is 0.812. The number of piperidine rings is 1. The van der Waals surface area contributed by atoms with E-state index in [2.05, 4.69) is 15.3 Å².